The van der Waals surface area contributed by atoms with E-state index in [2.05, 4.69) is 38.1 Å². The monoisotopic (exact) mass is 430 g/mol. The fourth-order valence-corrected chi connectivity index (χ4v) is 3.59. The van der Waals surface area contributed by atoms with Gasteiger partial charge in [-0.05, 0) is 66.1 Å². The summed E-state index contributed by atoms with van der Waals surface area (Å²) in [5.41, 5.74) is 1.64. The molecule has 22 heavy (non-hydrogen) atoms. The van der Waals surface area contributed by atoms with Crippen LogP contribution in [0.1, 0.15) is 24.4 Å². The minimum Gasteiger partial charge on any atom is -0.325 e. The van der Waals surface area contributed by atoms with Crippen molar-refractivity contribution < 1.29 is 4.79 Å². The zero-order valence-corrected chi connectivity index (χ0v) is 14.9. The van der Waals surface area contributed by atoms with E-state index < -0.39 is 0 Å². The molecule has 0 radical (unpaired) electrons. The van der Waals surface area contributed by atoms with E-state index in [4.69, 9.17) is 0 Å². The third-order valence-corrected chi connectivity index (χ3v) is 5.00. The molecule has 1 amide bonds. The van der Waals surface area contributed by atoms with Gasteiger partial charge < -0.3 is 5.32 Å². The van der Waals surface area contributed by atoms with Gasteiger partial charge >= 0.3 is 5.69 Å². The van der Waals surface area contributed by atoms with Gasteiger partial charge in [0.25, 0.3) is 0 Å². The number of nitrogens with zero attached hydrogens (tertiary/aromatic N) is 2. The van der Waals surface area contributed by atoms with Crippen LogP contribution < -0.4 is 11.0 Å². The second-order valence-electron chi connectivity index (χ2n) is 5.21. The number of aromatic nitrogens is 3. The summed E-state index contributed by atoms with van der Waals surface area (Å²) in [5.74, 6) is 0.120. The van der Waals surface area contributed by atoms with Gasteiger partial charge in [0.05, 0.1) is 5.75 Å². The predicted octanol–water partition coefficient (Wildman–Crippen LogP) is 2.55. The van der Waals surface area contributed by atoms with E-state index in [1.165, 1.54) is 11.8 Å². The van der Waals surface area contributed by atoms with Crippen LogP contribution in [0.5, 0.6) is 0 Å². The number of anilines is 1. The molecular formula is C14H15IN4O2S. The highest BCUT2D eigenvalue weighted by Crippen LogP contribution is 2.36. The Hall–Kier alpha value is -1.29. The molecule has 0 aliphatic heterocycles. The van der Waals surface area contributed by atoms with E-state index in [9.17, 15) is 9.59 Å². The molecule has 8 heteroatoms. The number of aryl methyl sites for hydroxylation is 1. The number of nitrogens with one attached hydrogen (secondary N) is 2. The van der Waals surface area contributed by atoms with Gasteiger partial charge in [-0.15, -0.1) is 5.10 Å². The van der Waals surface area contributed by atoms with E-state index >= 15 is 0 Å². The molecule has 1 aromatic heterocycles. The van der Waals surface area contributed by atoms with Crippen molar-refractivity contribution >= 4 is 45.9 Å². The lowest BCUT2D eigenvalue weighted by molar-refractivity contribution is -0.113. The van der Waals surface area contributed by atoms with E-state index in [0.29, 0.717) is 5.16 Å². The van der Waals surface area contributed by atoms with E-state index in [1.807, 2.05) is 25.1 Å². The number of rotatable bonds is 5. The molecule has 3 rings (SSSR count). The van der Waals surface area contributed by atoms with Crippen molar-refractivity contribution in [2.45, 2.75) is 31.0 Å². The van der Waals surface area contributed by atoms with Crippen molar-refractivity contribution in [3.8, 4) is 0 Å². The Labute approximate surface area is 145 Å². The van der Waals surface area contributed by atoms with Crippen molar-refractivity contribution in [1.29, 1.82) is 0 Å². The summed E-state index contributed by atoms with van der Waals surface area (Å²) in [5, 5.41) is 9.92. The fraction of sp³-hybridized carbons (Fsp3) is 0.357. The van der Waals surface area contributed by atoms with Crippen LogP contribution in [-0.4, -0.2) is 26.4 Å². The number of thioether (sulfide) groups is 1. The first kappa shape index (κ1) is 15.6. The molecule has 2 N–H and O–H groups in total. The summed E-state index contributed by atoms with van der Waals surface area (Å²) < 4.78 is 2.78. The Bertz CT molecular complexity index is 766. The van der Waals surface area contributed by atoms with Crippen LogP contribution in [0, 0.1) is 10.5 Å². The summed E-state index contributed by atoms with van der Waals surface area (Å²) >= 11 is 3.52. The Morgan fingerprint density at radius 2 is 2.32 bits per heavy atom. The lowest BCUT2D eigenvalue weighted by Crippen LogP contribution is -2.18. The van der Waals surface area contributed by atoms with Crippen LogP contribution in [0.4, 0.5) is 5.69 Å². The smallest absolute Gasteiger partial charge is 0.325 e. The number of benzene rings is 1. The maximum atomic E-state index is 12.1. The first-order valence-corrected chi connectivity index (χ1v) is 8.97. The minimum absolute atomic E-state index is 0.105. The van der Waals surface area contributed by atoms with Crippen LogP contribution in [0.2, 0.25) is 0 Å². The van der Waals surface area contributed by atoms with Gasteiger partial charge in [0, 0.05) is 15.3 Å². The highest BCUT2D eigenvalue weighted by Gasteiger charge is 2.28. The lowest BCUT2D eigenvalue weighted by atomic mass is 10.2. The van der Waals surface area contributed by atoms with Gasteiger partial charge in [0.2, 0.25) is 5.91 Å². The number of halogens is 1. The van der Waals surface area contributed by atoms with Crippen molar-refractivity contribution in [1.82, 2.24) is 14.8 Å². The third kappa shape index (κ3) is 3.54. The predicted molar refractivity (Wildman–Crippen MR) is 94.4 cm³/mol. The molecule has 6 nitrogen and oxygen atoms in total. The first-order valence-electron chi connectivity index (χ1n) is 6.90. The Balaban J connectivity index is 1.62. The van der Waals surface area contributed by atoms with Gasteiger partial charge in [0.15, 0.2) is 5.16 Å². The van der Waals surface area contributed by atoms with Crippen LogP contribution in [0.3, 0.4) is 0 Å². The molecule has 1 aliphatic rings. The van der Waals surface area contributed by atoms with E-state index in [0.717, 1.165) is 27.7 Å². The van der Waals surface area contributed by atoms with Crippen molar-refractivity contribution in [2.75, 3.05) is 11.1 Å². The van der Waals surface area contributed by atoms with Gasteiger partial charge in [-0.1, -0.05) is 11.8 Å². The van der Waals surface area contributed by atoms with Crippen LogP contribution in [-0.2, 0) is 4.79 Å². The molecule has 116 valence electrons. The summed E-state index contributed by atoms with van der Waals surface area (Å²) in [7, 11) is 0. The van der Waals surface area contributed by atoms with Crippen molar-refractivity contribution in [2.24, 2.45) is 0 Å². The SMILES string of the molecule is Cc1cc(I)ccc1NC(=O)CSc1n[nH]c(=O)n1C1CC1. The molecule has 1 aromatic carbocycles. The highest BCUT2D eigenvalue weighted by molar-refractivity contribution is 14.1. The number of carbonyl (C=O) groups is 1. The van der Waals surface area contributed by atoms with Gasteiger partial charge in [-0.3, -0.25) is 9.36 Å². The highest BCUT2D eigenvalue weighted by atomic mass is 127. The largest absolute Gasteiger partial charge is 0.344 e. The quantitative estimate of drug-likeness (QED) is 0.565. The Morgan fingerprint density at radius 1 is 1.55 bits per heavy atom. The van der Waals surface area contributed by atoms with Gasteiger partial charge in [0.1, 0.15) is 0 Å². The number of amides is 1. The van der Waals surface area contributed by atoms with Crippen LogP contribution in [0.25, 0.3) is 0 Å². The molecule has 0 unspecified atom stereocenters. The number of H-pyrrole nitrogens is 1. The maximum Gasteiger partial charge on any atom is 0.344 e. The normalized spacial score (nSPS) is 14.1. The minimum atomic E-state index is -0.195. The summed E-state index contributed by atoms with van der Waals surface area (Å²) in [6, 6.07) is 6.11. The molecule has 1 heterocycles. The molecule has 2 aromatic rings. The van der Waals surface area contributed by atoms with Crippen LogP contribution in [0.15, 0.2) is 28.2 Å². The molecule has 0 bridgehead atoms. The number of hydrogen-bond acceptors (Lipinski definition) is 4. The Morgan fingerprint density at radius 3 is 3.00 bits per heavy atom. The van der Waals surface area contributed by atoms with Gasteiger partial charge in [-0.2, -0.15) is 0 Å². The summed E-state index contributed by atoms with van der Waals surface area (Å²) in [4.78, 5) is 23.7. The Kier molecular flexibility index (Phi) is 4.57. The molecule has 1 fully saturated rings. The van der Waals surface area contributed by atoms with E-state index in [1.54, 1.807) is 4.57 Å². The second kappa shape index (κ2) is 6.45. The summed E-state index contributed by atoms with van der Waals surface area (Å²) in [6.07, 6.45) is 2.00. The molecule has 0 saturated heterocycles. The van der Waals surface area contributed by atoms with Gasteiger partial charge in [-0.25, -0.2) is 9.89 Å². The topological polar surface area (TPSA) is 79.8 Å². The van der Waals surface area contributed by atoms with Crippen molar-refractivity contribution in [3.63, 3.8) is 0 Å². The average Bonchev–Trinajstić information content (AvgIpc) is 3.23. The second-order valence-corrected chi connectivity index (χ2v) is 7.40. The standard InChI is InChI=1S/C14H15IN4O2S/c1-8-6-9(15)2-5-11(8)16-12(20)7-22-14-18-17-13(21)19(14)10-3-4-10/h2,5-6,10H,3-4,7H2,1H3,(H,16,20)(H,17,21). The number of aromatic amines is 1. The van der Waals surface area contributed by atoms with E-state index in [-0.39, 0.29) is 23.4 Å². The average molecular weight is 430 g/mol. The van der Waals surface area contributed by atoms with Crippen molar-refractivity contribution in [3.05, 3.63) is 37.8 Å². The molecule has 1 saturated carbocycles. The molecule has 0 spiro atoms. The molecule has 0 atom stereocenters. The zero-order chi connectivity index (χ0) is 15.7. The number of hydrogen-bond donors (Lipinski definition) is 2. The molecule has 1 aliphatic carbocycles. The zero-order valence-electron chi connectivity index (χ0n) is 11.9. The summed E-state index contributed by atoms with van der Waals surface area (Å²) in [6.45, 7) is 1.96. The maximum absolute atomic E-state index is 12.1. The fourth-order valence-electron chi connectivity index (χ4n) is 2.13. The third-order valence-electron chi connectivity index (χ3n) is 3.38. The molecular weight excluding hydrogens is 415 g/mol. The first-order chi connectivity index (χ1) is 10.5. The van der Waals surface area contributed by atoms with Crippen LogP contribution >= 0.6 is 34.4 Å². The lowest BCUT2D eigenvalue weighted by Gasteiger charge is -2.08. The number of carbonyl (C=O) groups excluding carboxylic acids is 1.